The lowest BCUT2D eigenvalue weighted by Crippen LogP contribution is -2.42. The van der Waals surface area contributed by atoms with Crippen molar-refractivity contribution >= 4 is 22.5 Å². The number of amides is 1. The zero-order chi connectivity index (χ0) is 19.2. The molecule has 0 spiro atoms. The van der Waals surface area contributed by atoms with Crippen LogP contribution in [0.5, 0.6) is 0 Å². The first-order valence-corrected chi connectivity index (χ1v) is 9.40. The molecule has 1 heterocycles. The van der Waals surface area contributed by atoms with Crippen LogP contribution in [-0.4, -0.2) is 33.4 Å². The van der Waals surface area contributed by atoms with Crippen LogP contribution in [0.3, 0.4) is 0 Å². The molecule has 0 aliphatic rings. The average Bonchev–Trinajstić information content (AvgIpc) is 2.68. The molecule has 5 heteroatoms. The highest BCUT2D eigenvalue weighted by atomic mass is 16.2. The van der Waals surface area contributed by atoms with Crippen LogP contribution in [0.2, 0.25) is 0 Å². The summed E-state index contributed by atoms with van der Waals surface area (Å²) < 4.78 is 0. The van der Waals surface area contributed by atoms with Gasteiger partial charge in [-0.05, 0) is 45.0 Å². The molecule has 3 aromatic rings. The summed E-state index contributed by atoms with van der Waals surface area (Å²) in [5.74, 6) is 0.728. The van der Waals surface area contributed by atoms with Gasteiger partial charge < -0.3 is 5.32 Å². The van der Waals surface area contributed by atoms with Gasteiger partial charge in [0, 0.05) is 16.8 Å². The van der Waals surface area contributed by atoms with Gasteiger partial charge in [-0.3, -0.25) is 9.69 Å². The van der Waals surface area contributed by atoms with Gasteiger partial charge >= 0.3 is 0 Å². The molecule has 1 unspecified atom stereocenters. The van der Waals surface area contributed by atoms with Gasteiger partial charge in [0.15, 0.2) is 0 Å². The minimum Gasteiger partial charge on any atom is -0.325 e. The third kappa shape index (κ3) is 4.68. The van der Waals surface area contributed by atoms with E-state index in [1.807, 2.05) is 68.4 Å². The van der Waals surface area contributed by atoms with Crippen LogP contribution in [-0.2, 0) is 11.3 Å². The van der Waals surface area contributed by atoms with Gasteiger partial charge in [-0.2, -0.15) is 0 Å². The van der Waals surface area contributed by atoms with Gasteiger partial charge in [0.05, 0.1) is 18.1 Å². The number of fused-ring (bicyclic) bond motifs is 1. The van der Waals surface area contributed by atoms with Crippen LogP contribution in [0.25, 0.3) is 10.9 Å². The Morgan fingerprint density at radius 2 is 1.78 bits per heavy atom. The largest absolute Gasteiger partial charge is 0.325 e. The van der Waals surface area contributed by atoms with Crippen LogP contribution in [0, 0.1) is 6.92 Å². The van der Waals surface area contributed by atoms with Crippen molar-refractivity contribution in [2.45, 2.75) is 39.8 Å². The second-order valence-electron chi connectivity index (χ2n) is 6.74. The Morgan fingerprint density at radius 1 is 1.07 bits per heavy atom. The predicted molar refractivity (Wildman–Crippen MR) is 110 cm³/mol. The molecule has 5 nitrogen and oxygen atoms in total. The zero-order valence-corrected chi connectivity index (χ0v) is 16.1. The van der Waals surface area contributed by atoms with Crippen molar-refractivity contribution in [1.29, 1.82) is 0 Å². The molecule has 3 rings (SSSR count). The summed E-state index contributed by atoms with van der Waals surface area (Å²) in [5, 5.41) is 4.05. The average molecular weight is 362 g/mol. The topological polar surface area (TPSA) is 58.1 Å². The summed E-state index contributed by atoms with van der Waals surface area (Å²) in [6.45, 7) is 7.40. The van der Waals surface area contributed by atoms with E-state index in [1.54, 1.807) is 0 Å². The van der Waals surface area contributed by atoms with E-state index < -0.39 is 0 Å². The molecular formula is C22H26N4O. The van der Waals surface area contributed by atoms with Crippen molar-refractivity contribution in [3.63, 3.8) is 0 Å². The lowest BCUT2D eigenvalue weighted by Gasteiger charge is -2.27. The molecule has 1 atom stereocenters. The number of anilines is 1. The van der Waals surface area contributed by atoms with Gasteiger partial charge in [-0.25, -0.2) is 9.97 Å². The van der Waals surface area contributed by atoms with Gasteiger partial charge in [0.2, 0.25) is 5.91 Å². The molecule has 0 aliphatic carbocycles. The number of carbonyl (C=O) groups excluding carboxylic acids is 1. The van der Waals surface area contributed by atoms with E-state index >= 15 is 0 Å². The molecule has 0 radical (unpaired) electrons. The Bertz CT molecular complexity index is 911. The molecule has 0 saturated heterocycles. The number of para-hydroxylation sites is 2. The predicted octanol–water partition coefficient (Wildman–Crippen LogP) is 4.18. The maximum atomic E-state index is 12.7. The van der Waals surface area contributed by atoms with Gasteiger partial charge in [0.25, 0.3) is 0 Å². The van der Waals surface area contributed by atoms with Gasteiger partial charge in [-0.1, -0.05) is 43.3 Å². The number of hydrogen-bond acceptors (Lipinski definition) is 4. The van der Waals surface area contributed by atoms with E-state index in [0.717, 1.165) is 41.1 Å². The summed E-state index contributed by atoms with van der Waals surface area (Å²) in [6.07, 6.45) is 0.954. The summed E-state index contributed by atoms with van der Waals surface area (Å²) >= 11 is 0. The molecule has 140 valence electrons. The monoisotopic (exact) mass is 362 g/mol. The number of hydrogen-bond donors (Lipinski definition) is 1. The molecule has 0 saturated carbocycles. The fourth-order valence-corrected chi connectivity index (χ4v) is 3.18. The molecule has 1 amide bonds. The second kappa shape index (κ2) is 8.73. The van der Waals surface area contributed by atoms with E-state index in [2.05, 4.69) is 22.1 Å². The normalized spacial score (nSPS) is 12.3. The van der Waals surface area contributed by atoms with Crippen molar-refractivity contribution in [3.8, 4) is 0 Å². The highest BCUT2D eigenvalue weighted by Crippen LogP contribution is 2.17. The highest BCUT2D eigenvalue weighted by molar-refractivity contribution is 5.94. The summed E-state index contributed by atoms with van der Waals surface area (Å²) in [7, 11) is 0. The van der Waals surface area contributed by atoms with Crippen molar-refractivity contribution < 1.29 is 4.79 Å². The van der Waals surface area contributed by atoms with Crippen LogP contribution in [0.15, 0.2) is 54.6 Å². The molecule has 2 aromatic carbocycles. The molecule has 27 heavy (non-hydrogen) atoms. The first kappa shape index (κ1) is 19.0. The Morgan fingerprint density at radius 3 is 2.52 bits per heavy atom. The lowest BCUT2D eigenvalue weighted by molar-refractivity contribution is -0.121. The molecule has 1 aromatic heterocycles. The zero-order valence-electron chi connectivity index (χ0n) is 16.1. The van der Waals surface area contributed by atoms with E-state index in [0.29, 0.717) is 6.54 Å². The van der Waals surface area contributed by atoms with Gasteiger partial charge in [0.1, 0.15) is 5.82 Å². The number of nitrogens with one attached hydrogen (secondary N) is 1. The molecule has 1 N–H and O–H groups in total. The molecule has 0 bridgehead atoms. The number of rotatable bonds is 7. The van der Waals surface area contributed by atoms with Crippen molar-refractivity contribution in [2.24, 2.45) is 0 Å². The first-order chi connectivity index (χ1) is 13.1. The standard InChI is InChI=1S/C22H26N4O/c1-4-14-26(17(3)22(27)24-18-10-6-5-7-11-18)15-21-23-16(2)19-12-8-9-13-20(19)25-21/h5-13,17H,4,14-15H2,1-3H3,(H,24,27). The Hall–Kier alpha value is -2.79. The highest BCUT2D eigenvalue weighted by Gasteiger charge is 2.22. The summed E-state index contributed by atoms with van der Waals surface area (Å²) in [6, 6.07) is 17.3. The Labute approximate surface area is 160 Å². The maximum absolute atomic E-state index is 12.7. The fraction of sp³-hybridized carbons (Fsp3) is 0.318. The summed E-state index contributed by atoms with van der Waals surface area (Å²) in [4.78, 5) is 24.2. The van der Waals surface area contributed by atoms with Crippen molar-refractivity contribution in [3.05, 3.63) is 66.1 Å². The Balaban J connectivity index is 1.77. The van der Waals surface area contributed by atoms with E-state index in [9.17, 15) is 4.79 Å². The quantitative estimate of drug-likeness (QED) is 0.685. The number of aryl methyl sites for hydroxylation is 1. The third-order valence-corrected chi connectivity index (χ3v) is 4.66. The third-order valence-electron chi connectivity index (χ3n) is 4.66. The minimum atomic E-state index is -0.277. The second-order valence-corrected chi connectivity index (χ2v) is 6.74. The van der Waals surface area contributed by atoms with Crippen molar-refractivity contribution in [1.82, 2.24) is 14.9 Å². The van der Waals surface area contributed by atoms with Crippen LogP contribution in [0.4, 0.5) is 5.69 Å². The number of aromatic nitrogens is 2. The minimum absolute atomic E-state index is 0.0211. The number of carbonyl (C=O) groups is 1. The van der Waals surface area contributed by atoms with E-state index in [-0.39, 0.29) is 11.9 Å². The summed E-state index contributed by atoms with van der Waals surface area (Å²) in [5.41, 5.74) is 2.72. The van der Waals surface area contributed by atoms with Crippen LogP contribution in [0.1, 0.15) is 31.8 Å². The van der Waals surface area contributed by atoms with E-state index in [4.69, 9.17) is 4.98 Å². The molecular weight excluding hydrogens is 336 g/mol. The van der Waals surface area contributed by atoms with Crippen LogP contribution < -0.4 is 5.32 Å². The fourth-order valence-electron chi connectivity index (χ4n) is 3.18. The van der Waals surface area contributed by atoms with Crippen molar-refractivity contribution in [2.75, 3.05) is 11.9 Å². The SMILES string of the molecule is CCCN(Cc1nc(C)c2ccccc2n1)C(C)C(=O)Nc1ccccc1. The van der Waals surface area contributed by atoms with Gasteiger partial charge in [-0.15, -0.1) is 0 Å². The molecule has 0 fully saturated rings. The smallest absolute Gasteiger partial charge is 0.241 e. The molecule has 0 aliphatic heterocycles. The number of nitrogens with zero attached hydrogens (tertiary/aromatic N) is 3. The first-order valence-electron chi connectivity index (χ1n) is 9.40. The van der Waals surface area contributed by atoms with Crippen LogP contribution >= 0.6 is 0 Å². The van der Waals surface area contributed by atoms with E-state index in [1.165, 1.54) is 0 Å². The Kier molecular flexibility index (Phi) is 6.14. The maximum Gasteiger partial charge on any atom is 0.241 e. The lowest BCUT2D eigenvalue weighted by atomic mass is 10.2. The number of benzene rings is 2.